The maximum Gasteiger partial charge on any atom is 0.270 e. The van der Waals surface area contributed by atoms with Gasteiger partial charge in [0.1, 0.15) is 10.8 Å². The molecule has 0 aliphatic heterocycles. The third-order valence-corrected chi connectivity index (χ3v) is 3.47. The van der Waals surface area contributed by atoms with Crippen LogP contribution in [0.15, 0.2) is 30.3 Å². The van der Waals surface area contributed by atoms with Gasteiger partial charge in [-0.2, -0.15) is 0 Å². The van der Waals surface area contributed by atoms with Crippen molar-refractivity contribution in [2.45, 2.75) is 20.0 Å². The maximum atomic E-state index is 12.1. The van der Waals surface area contributed by atoms with Gasteiger partial charge in [0.05, 0.1) is 12.7 Å². The van der Waals surface area contributed by atoms with Crippen LogP contribution in [0.1, 0.15) is 24.3 Å². The quantitative estimate of drug-likeness (QED) is 0.762. The molecule has 124 valence electrons. The molecule has 2 rings (SSSR count). The predicted octanol–water partition coefficient (Wildman–Crippen LogP) is 2.65. The fourth-order valence-corrected chi connectivity index (χ4v) is 2.34. The van der Waals surface area contributed by atoms with E-state index in [-0.39, 0.29) is 29.9 Å². The molecule has 2 aromatic rings. The first-order chi connectivity index (χ1) is 11.0. The Morgan fingerprint density at radius 3 is 2.83 bits per heavy atom. The second-order valence-electron chi connectivity index (χ2n) is 5.81. The van der Waals surface area contributed by atoms with Crippen LogP contribution in [-0.4, -0.2) is 41.9 Å². The van der Waals surface area contributed by atoms with Gasteiger partial charge in [0.25, 0.3) is 5.91 Å². The summed E-state index contributed by atoms with van der Waals surface area (Å²) in [5.41, 5.74) is 0.226. The lowest BCUT2D eigenvalue weighted by Crippen LogP contribution is -2.35. The molecule has 23 heavy (non-hydrogen) atoms. The Balaban J connectivity index is 1.93. The van der Waals surface area contributed by atoms with Crippen LogP contribution in [0.3, 0.4) is 0 Å². The van der Waals surface area contributed by atoms with Crippen molar-refractivity contribution in [1.82, 2.24) is 10.3 Å². The van der Waals surface area contributed by atoms with Crippen LogP contribution in [-0.2, 0) is 4.74 Å². The standard InChI is InChI=1S/C17H21ClN2O3/c1-11(2)9-23-10-13(21)8-19-17(22)15-7-12-5-3-4-6-14(12)16(18)20-15/h3-7,11,13,21H,8-10H2,1-2H3,(H,19,22). The van der Waals surface area contributed by atoms with Crippen molar-refractivity contribution >= 4 is 28.3 Å². The number of amides is 1. The predicted molar refractivity (Wildman–Crippen MR) is 90.8 cm³/mol. The highest BCUT2D eigenvalue weighted by molar-refractivity contribution is 6.34. The molecule has 0 spiro atoms. The van der Waals surface area contributed by atoms with Crippen molar-refractivity contribution in [3.8, 4) is 0 Å². The van der Waals surface area contributed by atoms with Crippen LogP contribution in [0.2, 0.25) is 5.15 Å². The number of fused-ring (bicyclic) bond motifs is 1. The topological polar surface area (TPSA) is 71.5 Å². The van der Waals surface area contributed by atoms with Gasteiger partial charge in [0, 0.05) is 18.5 Å². The second-order valence-corrected chi connectivity index (χ2v) is 6.17. The zero-order chi connectivity index (χ0) is 16.8. The molecule has 1 unspecified atom stereocenters. The number of carbonyl (C=O) groups excluding carboxylic acids is 1. The van der Waals surface area contributed by atoms with Crippen molar-refractivity contribution in [2.75, 3.05) is 19.8 Å². The Labute approximate surface area is 140 Å². The van der Waals surface area contributed by atoms with E-state index in [2.05, 4.69) is 10.3 Å². The number of aliphatic hydroxyl groups excluding tert-OH is 1. The van der Waals surface area contributed by atoms with Crippen LogP contribution < -0.4 is 5.32 Å². The van der Waals surface area contributed by atoms with Gasteiger partial charge >= 0.3 is 0 Å². The first-order valence-corrected chi connectivity index (χ1v) is 7.94. The SMILES string of the molecule is CC(C)COCC(O)CNC(=O)c1cc2ccccc2c(Cl)n1. The van der Waals surface area contributed by atoms with E-state index in [9.17, 15) is 9.90 Å². The van der Waals surface area contributed by atoms with Crippen LogP contribution in [0.25, 0.3) is 10.8 Å². The number of rotatable bonds is 7. The molecule has 1 aromatic heterocycles. The van der Waals surface area contributed by atoms with E-state index in [0.717, 1.165) is 10.8 Å². The van der Waals surface area contributed by atoms with Gasteiger partial charge in [-0.3, -0.25) is 4.79 Å². The molecule has 0 aliphatic rings. The lowest BCUT2D eigenvalue weighted by Gasteiger charge is -2.13. The normalized spacial score (nSPS) is 12.6. The number of pyridine rings is 1. The van der Waals surface area contributed by atoms with E-state index in [1.54, 1.807) is 6.07 Å². The number of aliphatic hydroxyl groups is 1. The third-order valence-electron chi connectivity index (χ3n) is 3.19. The minimum absolute atomic E-state index is 0.100. The van der Waals surface area contributed by atoms with Crippen molar-refractivity contribution in [2.24, 2.45) is 5.92 Å². The number of nitrogens with one attached hydrogen (secondary N) is 1. The summed E-state index contributed by atoms with van der Waals surface area (Å²) in [7, 11) is 0. The molecule has 6 heteroatoms. The summed E-state index contributed by atoms with van der Waals surface area (Å²) in [5.74, 6) is 0.0290. The summed E-state index contributed by atoms with van der Waals surface area (Å²) in [6.45, 7) is 4.92. The monoisotopic (exact) mass is 336 g/mol. The number of nitrogens with zero attached hydrogens (tertiary/aromatic N) is 1. The number of benzene rings is 1. The molecule has 0 saturated carbocycles. The zero-order valence-electron chi connectivity index (χ0n) is 13.3. The number of ether oxygens (including phenoxy) is 1. The van der Waals surface area contributed by atoms with E-state index in [1.807, 2.05) is 38.1 Å². The van der Waals surface area contributed by atoms with E-state index in [1.165, 1.54) is 0 Å². The molecule has 1 atom stereocenters. The van der Waals surface area contributed by atoms with Gasteiger partial charge in [0.15, 0.2) is 0 Å². The summed E-state index contributed by atoms with van der Waals surface area (Å²) < 4.78 is 5.33. The smallest absolute Gasteiger partial charge is 0.270 e. The lowest BCUT2D eigenvalue weighted by atomic mass is 10.1. The summed E-state index contributed by atoms with van der Waals surface area (Å²) in [4.78, 5) is 16.2. The zero-order valence-corrected chi connectivity index (χ0v) is 14.0. The molecule has 0 aliphatic carbocycles. The number of halogens is 1. The largest absolute Gasteiger partial charge is 0.389 e. The Morgan fingerprint density at radius 2 is 2.09 bits per heavy atom. The third kappa shape index (κ3) is 5.16. The number of hydrogen-bond donors (Lipinski definition) is 2. The Bertz CT molecular complexity index is 676. The first-order valence-electron chi connectivity index (χ1n) is 7.56. The van der Waals surface area contributed by atoms with Crippen LogP contribution >= 0.6 is 11.6 Å². The highest BCUT2D eigenvalue weighted by atomic mass is 35.5. The minimum Gasteiger partial charge on any atom is -0.389 e. The molecule has 0 fully saturated rings. The second kappa shape index (κ2) is 8.24. The summed E-state index contributed by atoms with van der Waals surface area (Å²) in [6.07, 6.45) is -0.756. The lowest BCUT2D eigenvalue weighted by molar-refractivity contribution is 0.0259. The molecule has 5 nitrogen and oxygen atoms in total. The van der Waals surface area contributed by atoms with Gasteiger partial charge in [0.2, 0.25) is 0 Å². The van der Waals surface area contributed by atoms with Gasteiger partial charge in [-0.05, 0) is 17.4 Å². The number of hydrogen-bond acceptors (Lipinski definition) is 4. The molecular weight excluding hydrogens is 316 g/mol. The highest BCUT2D eigenvalue weighted by Gasteiger charge is 2.13. The van der Waals surface area contributed by atoms with Crippen LogP contribution in [0.5, 0.6) is 0 Å². The molecule has 0 radical (unpaired) electrons. The molecule has 0 bridgehead atoms. The van der Waals surface area contributed by atoms with Crippen LogP contribution in [0.4, 0.5) is 0 Å². The van der Waals surface area contributed by atoms with E-state index in [4.69, 9.17) is 16.3 Å². The Hall–Kier alpha value is -1.69. The fourth-order valence-electron chi connectivity index (χ4n) is 2.07. The molecule has 1 heterocycles. The van der Waals surface area contributed by atoms with Gasteiger partial charge in [-0.15, -0.1) is 0 Å². The minimum atomic E-state index is -0.756. The molecule has 1 amide bonds. The van der Waals surface area contributed by atoms with Crippen molar-refractivity contribution in [3.63, 3.8) is 0 Å². The van der Waals surface area contributed by atoms with Crippen molar-refractivity contribution in [3.05, 3.63) is 41.2 Å². The molecular formula is C17H21ClN2O3. The van der Waals surface area contributed by atoms with E-state index in [0.29, 0.717) is 12.5 Å². The van der Waals surface area contributed by atoms with Gasteiger partial charge in [-0.25, -0.2) is 4.98 Å². The fraction of sp³-hybridized carbons (Fsp3) is 0.412. The number of carbonyl (C=O) groups is 1. The van der Waals surface area contributed by atoms with Crippen molar-refractivity contribution in [1.29, 1.82) is 0 Å². The summed E-state index contributed by atoms with van der Waals surface area (Å²) in [5, 5.41) is 14.4. The molecule has 0 saturated heterocycles. The summed E-state index contributed by atoms with van der Waals surface area (Å²) >= 11 is 6.11. The van der Waals surface area contributed by atoms with E-state index < -0.39 is 6.10 Å². The highest BCUT2D eigenvalue weighted by Crippen LogP contribution is 2.22. The van der Waals surface area contributed by atoms with E-state index >= 15 is 0 Å². The first kappa shape index (κ1) is 17.7. The average Bonchev–Trinajstić information content (AvgIpc) is 2.52. The van der Waals surface area contributed by atoms with Crippen LogP contribution in [0, 0.1) is 5.92 Å². The Kier molecular flexibility index (Phi) is 6.33. The van der Waals surface area contributed by atoms with Gasteiger partial charge < -0.3 is 15.2 Å². The molecule has 2 N–H and O–H groups in total. The van der Waals surface area contributed by atoms with Crippen molar-refractivity contribution < 1.29 is 14.6 Å². The number of aromatic nitrogens is 1. The summed E-state index contributed by atoms with van der Waals surface area (Å²) in [6, 6.07) is 9.13. The maximum absolute atomic E-state index is 12.1. The Morgan fingerprint density at radius 1 is 1.35 bits per heavy atom. The molecule has 1 aromatic carbocycles. The average molecular weight is 337 g/mol. The van der Waals surface area contributed by atoms with Gasteiger partial charge in [-0.1, -0.05) is 49.7 Å².